The van der Waals surface area contributed by atoms with Crippen LogP contribution in [0, 0.1) is 12.8 Å². The van der Waals surface area contributed by atoms with Crippen molar-refractivity contribution in [3.63, 3.8) is 0 Å². The van der Waals surface area contributed by atoms with Gasteiger partial charge in [-0.3, -0.25) is 0 Å². The molecule has 3 rings (SSSR count). The Bertz CT molecular complexity index is 363. The lowest BCUT2D eigenvalue weighted by Gasteiger charge is -2.30. The Morgan fingerprint density at radius 2 is 2.38 bits per heavy atom. The number of nitrogens with zero attached hydrogens (tertiary/aromatic N) is 2. The van der Waals surface area contributed by atoms with Crippen molar-refractivity contribution in [2.45, 2.75) is 32.4 Å². The van der Waals surface area contributed by atoms with Crippen LogP contribution in [0.15, 0.2) is 6.20 Å². The Labute approximate surface area is 101 Å². The fourth-order valence-corrected chi connectivity index (χ4v) is 3.66. The Morgan fingerprint density at radius 1 is 1.50 bits per heavy atom. The maximum Gasteiger partial charge on any atom is 0.107 e. The van der Waals surface area contributed by atoms with Gasteiger partial charge in [0.15, 0.2) is 0 Å². The quantitative estimate of drug-likeness (QED) is 0.866. The number of hydrogen-bond donors (Lipinski definition) is 1. The van der Waals surface area contributed by atoms with Crippen LogP contribution in [-0.2, 0) is 6.54 Å². The molecule has 1 aromatic rings. The fourth-order valence-electron chi connectivity index (χ4n) is 2.92. The van der Waals surface area contributed by atoms with Crippen molar-refractivity contribution >= 4 is 11.3 Å². The van der Waals surface area contributed by atoms with Gasteiger partial charge in [0.05, 0.1) is 0 Å². The summed E-state index contributed by atoms with van der Waals surface area (Å²) in [5.41, 5.74) is 0. The lowest BCUT2D eigenvalue weighted by atomic mass is 9.94. The first kappa shape index (κ1) is 10.7. The molecular weight excluding hydrogens is 218 g/mol. The average Bonchev–Trinajstić information content (AvgIpc) is 2.86. The molecule has 0 radical (unpaired) electrons. The van der Waals surface area contributed by atoms with Crippen molar-refractivity contribution in [3.05, 3.63) is 16.1 Å². The van der Waals surface area contributed by atoms with Gasteiger partial charge in [0.2, 0.25) is 0 Å². The van der Waals surface area contributed by atoms with Gasteiger partial charge in [-0.05, 0) is 38.8 Å². The molecule has 0 saturated carbocycles. The Kier molecular flexibility index (Phi) is 2.96. The minimum atomic E-state index is 0.725. The van der Waals surface area contributed by atoms with Gasteiger partial charge in [0, 0.05) is 30.2 Å². The van der Waals surface area contributed by atoms with Crippen molar-refractivity contribution in [1.82, 2.24) is 15.2 Å². The summed E-state index contributed by atoms with van der Waals surface area (Å²) in [6, 6.07) is 0.725. The third kappa shape index (κ3) is 2.14. The van der Waals surface area contributed by atoms with Gasteiger partial charge in [0.25, 0.3) is 0 Å². The first-order chi connectivity index (χ1) is 7.81. The number of aromatic nitrogens is 1. The zero-order chi connectivity index (χ0) is 11.0. The molecule has 1 aromatic heterocycles. The summed E-state index contributed by atoms with van der Waals surface area (Å²) in [5.74, 6) is 0.884. The van der Waals surface area contributed by atoms with E-state index in [1.165, 1.54) is 42.4 Å². The normalized spacial score (nSPS) is 33.2. The summed E-state index contributed by atoms with van der Waals surface area (Å²) in [4.78, 5) is 8.31. The monoisotopic (exact) mass is 237 g/mol. The summed E-state index contributed by atoms with van der Waals surface area (Å²) in [6.45, 7) is 7.00. The number of rotatable bonds is 3. The highest BCUT2D eigenvalue weighted by molar-refractivity contribution is 7.11. The van der Waals surface area contributed by atoms with E-state index in [9.17, 15) is 0 Å². The maximum atomic E-state index is 4.41. The van der Waals surface area contributed by atoms with E-state index in [1.54, 1.807) is 0 Å². The SMILES string of the molecule is Cc1cnc(CNC2CCN3CCC2C3)s1. The number of nitrogens with one attached hydrogen (secondary N) is 1. The molecule has 0 spiro atoms. The molecule has 88 valence electrons. The number of hydrogen-bond acceptors (Lipinski definition) is 4. The van der Waals surface area contributed by atoms with Crippen molar-refractivity contribution in [1.29, 1.82) is 0 Å². The molecule has 1 N–H and O–H groups in total. The standard InChI is InChI=1S/C12H19N3S/c1-9-6-14-12(16-9)7-13-11-3-5-15-4-2-10(11)8-15/h6,10-11,13H,2-5,7-8H2,1H3. The van der Waals surface area contributed by atoms with Crippen LogP contribution >= 0.6 is 11.3 Å². The molecule has 3 atom stereocenters. The zero-order valence-corrected chi connectivity index (χ0v) is 10.6. The van der Waals surface area contributed by atoms with Crippen molar-refractivity contribution in [2.75, 3.05) is 19.6 Å². The number of thiazole rings is 1. The second-order valence-electron chi connectivity index (χ2n) is 4.99. The van der Waals surface area contributed by atoms with Gasteiger partial charge in [-0.1, -0.05) is 0 Å². The summed E-state index contributed by atoms with van der Waals surface area (Å²) in [5, 5.41) is 4.93. The largest absolute Gasteiger partial charge is 0.307 e. The van der Waals surface area contributed by atoms with E-state index < -0.39 is 0 Å². The molecule has 0 aliphatic carbocycles. The van der Waals surface area contributed by atoms with Gasteiger partial charge in [-0.2, -0.15) is 0 Å². The smallest absolute Gasteiger partial charge is 0.107 e. The van der Waals surface area contributed by atoms with Crippen LogP contribution < -0.4 is 5.32 Å². The average molecular weight is 237 g/mol. The highest BCUT2D eigenvalue weighted by Crippen LogP contribution is 2.27. The van der Waals surface area contributed by atoms with Crippen LogP contribution in [0.4, 0.5) is 0 Å². The number of piperidine rings is 1. The Balaban J connectivity index is 1.55. The zero-order valence-electron chi connectivity index (χ0n) is 9.78. The maximum absolute atomic E-state index is 4.41. The fraction of sp³-hybridized carbons (Fsp3) is 0.750. The summed E-state index contributed by atoms with van der Waals surface area (Å²) in [6.07, 6.45) is 4.67. The molecule has 16 heavy (non-hydrogen) atoms. The lowest BCUT2D eigenvalue weighted by Crippen LogP contribution is -2.43. The van der Waals surface area contributed by atoms with Crippen LogP contribution in [0.3, 0.4) is 0 Å². The van der Waals surface area contributed by atoms with Gasteiger partial charge >= 0.3 is 0 Å². The van der Waals surface area contributed by atoms with Crippen LogP contribution in [0.1, 0.15) is 22.7 Å². The van der Waals surface area contributed by atoms with Crippen molar-refractivity contribution in [2.24, 2.45) is 5.92 Å². The number of aryl methyl sites for hydroxylation is 1. The van der Waals surface area contributed by atoms with Crippen molar-refractivity contribution in [3.8, 4) is 0 Å². The van der Waals surface area contributed by atoms with E-state index in [0.717, 1.165) is 18.5 Å². The molecule has 2 bridgehead atoms. The second-order valence-corrected chi connectivity index (χ2v) is 6.31. The van der Waals surface area contributed by atoms with Gasteiger partial charge in [-0.15, -0.1) is 11.3 Å². The molecule has 2 saturated heterocycles. The predicted molar refractivity (Wildman–Crippen MR) is 66.6 cm³/mol. The molecule has 3 unspecified atom stereocenters. The lowest BCUT2D eigenvalue weighted by molar-refractivity contribution is 0.220. The molecule has 4 heteroatoms. The second kappa shape index (κ2) is 4.43. The van der Waals surface area contributed by atoms with E-state index in [0.29, 0.717) is 0 Å². The molecule has 2 fully saturated rings. The summed E-state index contributed by atoms with van der Waals surface area (Å²) < 4.78 is 0. The van der Waals surface area contributed by atoms with Gasteiger partial charge < -0.3 is 10.2 Å². The van der Waals surface area contributed by atoms with Gasteiger partial charge in [0.1, 0.15) is 5.01 Å². The van der Waals surface area contributed by atoms with E-state index >= 15 is 0 Å². The van der Waals surface area contributed by atoms with E-state index in [2.05, 4.69) is 22.1 Å². The minimum absolute atomic E-state index is 0.725. The van der Waals surface area contributed by atoms with E-state index in [-0.39, 0.29) is 0 Å². The summed E-state index contributed by atoms with van der Waals surface area (Å²) >= 11 is 1.81. The molecular formula is C12H19N3S. The molecule has 2 aliphatic rings. The third-order valence-corrected chi connectivity index (χ3v) is 4.73. The van der Waals surface area contributed by atoms with Crippen LogP contribution in [0.2, 0.25) is 0 Å². The first-order valence-corrected chi connectivity index (χ1v) is 7.00. The molecule has 0 amide bonds. The molecule has 2 aliphatic heterocycles. The minimum Gasteiger partial charge on any atom is -0.307 e. The van der Waals surface area contributed by atoms with Crippen molar-refractivity contribution < 1.29 is 0 Å². The molecule has 3 heterocycles. The number of fused-ring (bicyclic) bond motifs is 2. The third-order valence-electron chi connectivity index (χ3n) is 3.82. The predicted octanol–water partition coefficient (Wildman–Crippen LogP) is 1.64. The topological polar surface area (TPSA) is 28.2 Å². The van der Waals surface area contributed by atoms with Crippen LogP contribution in [0.25, 0.3) is 0 Å². The summed E-state index contributed by atoms with van der Waals surface area (Å²) in [7, 11) is 0. The molecule has 0 aromatic carbocycles. The molecule has 3 nitrogen and oxygen atoms in total. The highest BCUT2D eigenvalue weighted by atomic mass is 32.1. The highest BCUT2D eigenvalue weighted by Gasteiger charge is 2.33. The van der Waals surface area contributed by atoms with E-state index in [4.69, 9.17) is 0 Å². The first-order valence-electron chi connectivity index (χ1n) is 6.18. The van der Waals surface area contributed by atoms with E-state index in [1.807, 2.05) is 17.5 Å². The van der Waals surface area contributed by atoms with Gasteiger partial charge in [-0.25, -0.2) is 4.98 Å². The Morgan fingerprint density at radius 3 is 3.19 bits per heavy atom. The van der Waals surface area contributed by atoms with Crippen LogP contribution in [0.5, 0.6) is 0 Å². The Hall–Kier alpha value is -0.450. The van der Waals surface area contributed by atoms with Crippen LogP contribution in [-0.4, -0.2) is 35.6 Å².